The molecule has 18 heavy (non-hydrogen) atoms. The van der Waals surface area contributed by atoms with Gasteiger partial charge in [-0.25, -0.2) is 9.50 Å². The smallest absolute Gasteiger partial charge is 0.157 e. The molecule has 0 bridgehead atoms. The normalized spacial score (nSPS) is 18.6. The van der Waals surface area contributed by atoms with Gasteiger partial charge in [0.25, 0.3) is 0 Å². The van der Waals surface area contributed by atoms with E-state index in [0.717, 1.165) is 17.9 Å². The molecule has 1 fully saturated rings. The summed E-state index contributed by atoms with van der Waals surface area (Å²) in [7, 11) is 2.18. The Balaban J connectivity index is 1.74. The first-order valence-corrected chi connectivity index (χ1v) is 6.78. The molecule has 0 aromatic carbocycles. The van der Waals surface area contributed by atoms with Crippen LogP contribution in [-0.2, 0) is 6.42 Å². The highest BCUT2D eigenvalue weighted by molar-refractivity contribution is 6.30. The van der Waals surface area contributed by atoms with Gasteiger partial charge in [0.05, 0.1) is 0 Å². The number of halogens is 1. The quantitative estimate of drug-likeness (QED) is 0.834. The number of likely N-dealkylation sites (tertiary alicyclic amines) is 1. The Morgan fingerprint density at radius 3 is 2.94 bits per heavy atom. The molecule has 0 atom stereocenters. The minimum atomic E-state index is 0.709. The van der Waals surface area contributed by atoms with Crippen LogP contribution in [0.5, 0.6) is 0 Å². The number of hydrogen-bond donors (Lipinski definition) is 0. The minimum Gasteiger partial charge on any atom is -0.306 e. The maximum Gasteiger partial charge on any atom is 0.157 e. The van der Waals surface area contributed by atoms with E-state index in [9.17, 15) is 0 Å². The van der Waals surface area contributed by atoms with Crippen molar-refractivity contribution in [3.63, 3.8) is 0 Å². The number of pyridine rings is 1. The molecular weight excluding hydrogens is 248 g/mol. The third-order valence-corrected chi connectivity index (χ3v) is 3.89. The van der Waals surface area contributed by atoms with Crippen molar-refractivity contribution in [1.82, 2.24) is 19.5 Å². The lowest BCUT2D eigenvalue weighted by molar-refractivity contribution is 0.217. The van der Waals surface area contributed by atoms with Crippen molar-refractivity contribution in [1.29, 1.82) is 0 Å². The molecule has 1 aliphatic rings. The summed E-state index contributed by atoms with van der Waals surface area (Å²) in [4.78, 5) is 6.92. The number of hydrogen-bond acceptors (Lipinski definition) is 3. The molecule has 1 aliphatic heterocycles. The fraction of sp³-hybridized carbons (Fsp3) is 0.538. The van der Waals surface area contributed by atoms with Crippen LogP contribution in [0.2, 0.25) is 5.02 Å². The lowest BCUT2D eigenvalue weighted by Crippen LogP contribution is -2.31. The maximum absolute atomic E-state index is 5.95. The number of nitrogens with zero attached hydrogens (tertiary/aromatic N) is 4. The number of fused-ring (bicyclic) bond motifs is 1. The summed E-state index contributed by atoms with van der Waals surface area (Å²) in [6.45, 7) is 2.37. The van der Waals surface area contributed by atoms with E-state index in [1.807, 2.05) is 18.3 Å². The van der Waals surface area contributed by atoms with Crippen LogP contribution in [0.1, 0.15) is 18.7 Å². The van der Waals surface area contributed by atoms with E-state index in [1.165, 1.54) is 25.9 Å². The fourth-order valence-corrected chi connectivity index (χ4v) is 2.67. The summed E-state index contributed by atoms with van der Waals surface area (Å²) < 4.78 is 1.80. The van der Waals surface area contributed by atoms with Gasteiger partial charge < -0.3 is 4.90 Å². The highest BCUT2D eigenvalue weighted by Crippen LogP contribution is 2.20. The van der Waals surface area contributed by atoms with Crippen LogP contribution >= 0.6 is 11.6 Å². The summed E-state index contributed by atoms with van der Waals surface area (Å²) in [5.41, 5.74) is 0.838. The van der Waals surface area contributed by atoms with Crippen molar-refractivity contribution in [2.75, 3.05) is 20.1 Å². The van der Waals surface area contributed by atoms with Crippen LogP contribution in [-0.4, -0.2) is 39.6 Å². The molecule has 0 radical (unpaired) electrons. The first kappa shape index (κ1) is 11.9. The SMILES string of the molecule is CN1CCC(Cc2nc3cc(Cl)ccn3n2)CC1. The second kappa shape index (κ2) is 4.86. The minimum absolute atomic E-state index is 0.709. The van der Waals surface area contributed by atoms with E-state index >= 15 is 0 Å². The van der Waals surface area contributed by atoms with Gasteiger partial charge in [0.2, 0.25) is 0 Å². The van der Waals surface area contributed by atoms with Crippen LogP contribution < -0.4 is 0 Å². The van der Waals surface area contributed by atoms with E-state index in [2.05, 4.69) is 22.0 Å². The monoisotopic (exact) mass is 264 g/mol. The summed E-state index contributed by atoms with van der Waals surface area (Å²) in [6.07, 6.45) is 5.33. The van der Waals surface area contributed by atoms with Gasteiger partial charge >= 0.3 is 0 Å². The lowest BCUT2D eigenvalue weighted by Gasteiger charge is -2.28. The van der Waals surface area contributed by atoms with Crippen molar-refractivity contribution in [3.05, 3.63) is 29.2 Å². The standard InChI is InChI=1S/C13H17ClN4/c1-17-5-2-10(3-6-17)8-12-15-13-9-11(14)4-7-18(13)16-12/h4,7,9-10H,2-3,5-6,8H2,1H3. The molecule has 0 spiro atoms. The summed E-state index contributed by atoms with van der Waals surface area (Å²) >= 11 is 5.95. The molecule has 0 saturated carbocycles. The van der Waals surface area contributed by atoms with Crippen molar-refractivity contribution in [3.8, 4) is 0 Å². The Hall–Kier alpha value is -1.13. The molecule has 3 rings (SSSR count). The van der Waals surface area contributed by atoms with Gasteiger partial charge in [-0.1, -0.05) is 11.6 Å². The molecule has 3 heterocycles. The lowest BCUT2D eigenvalue weighted by atomic mass is 9.94. The van der Waals surface area contributed by atoms with Gasteiger partial charge in [0.1, 0.15) is 0 Å². The molecule has 0 aliphatic carbocycles. The molecule has 0 N–H and O–H groups in total. The third-order valence-electron chi connectivity index (χ3n) is 3.65. The van der Waals surface area contributed by atoms with Crippen molar-refractivity contribution in [2.24, 2.45) is 5.92 Å². The molecule has 1 saturated heterocycles. The first-order valence-electron chi connectivity index (χ1n) is 6.40. The average molecular weight is 265 g/mol. The van der Waals surface area contributed by atoms with Gasteiger partial charge in [-0.2, -0.15) is 5.10 Å². The van der Waals surface area contributed by atoms with Crippen molar-refractivity contribution in [2.45, 2.75) is 19.3 Å². The van der Waals surface area contributed by atoms with Gasteiger partial charge in [-0.3, -0.25) is 0 Å². The second-order valence-corrected chi connectivity index (χ2v) is 5.56. The summed E-state index contributed by atoms with van der Waals surface area (Å²) in [5, 5.41) is 5.21. The molecular formula is C13H17ClN4. The van der Waals surface area contributed by atoms with Crippen LogP contribution in [0.3, 0.4) is 0 Å². The van der Waals surface area contributed by atoms with E-state index in [0.29, 0.717) is 10.9 Å². The predicted molar refractivity (Wildman–Crippen MR) is 71.9 cm³/mol. The van der Waals surface area contributed by atoms with Crippen LogP contribution in [0.4, 0.5) is 0 Å². The first-order chi connectivity index (χ1) is 8.70. The molecule has 4 nitrogen and oxygen atoms in total. The van der Waals surface area contributed by atoms with Crippen LogP contribution in [0.15, 0.2) is 18.3 Å². The Labute approximate surface area is 112 Å². The van der Waals surface area contributed by atoms with Crippen LogP contribution in [0, 0.1) is 5.92 Å². The van der Waals surface area contributed by atoms with Crippen LogP contribution in [0.25, 0.3) is 5.65 Å². The largest absolute Gasteiger partial charge is 0.306 e. The molecule has 0 amide bonds. The highest BCUT2D eigenvalue weighted by Gasteiger charge is 2.18. The third kappa shape index (κ3) is 2.49. The molecule has 0 unspecified atom stereocenters. The van der Waals surface area contributed by atoms with Gasteiger partial charge in [0, 0.05) is 23.7 Å². The van der Waals surface area contributed by atoms with Crippen molar-refractivity contribution < 1.29 is 0 Å². The van der Waals surface area contributed by atoms with Crippen molar-refractivity contribution >= 4 is 17.2 Å². The van der Waals surface area contributed by atoms with E-state index in [-0.39, 0.29) is 0 Å². The molecule has 5 heteroatoms. The zero-order valence-electron chi connectivity index (χ0n) is 10.5. The molecule has 2 aromatic heterocycles. The molecule has 96 valence electrons. The van der Waals surface area contributed by atoms with Gasteiger partial charge in [-0.05, 0) is 45.0 Å². The van der Waals surface area contributed by atoms with E-state index in [1.54, 1.807) is 4.52 Å². The summed E-state index contributed by atoms with van der Waals surface area (Å²) in [6, 6.07) is 3.69. The van der Waals surface area contributed by atoms with Gasteiger partial charge in [0.15, 0.2) is 11.5 Å². The maximum atomic E-state index is 5.95. The fourth-order valence-electron chi connectivity index (χ4n) is 2.51. The predicted octanol–water partition coefficient (Wildman–Crippen LogP) is 2.27. The van der Waals surface area contributed by atoms with Gasteiger partial charge in [-0.15, -0.1) is 0 Å². The second-order valence-electron chi connectivity index (χ2n) is 5.13. The Kier molecular flexibility index (Phi) is 3.22. The van der Waals surface area contributed by atoms with E-state index < -0.39 is 0 Å². The Morgan fingerprint density at radius 1 is 1.39 bits per heavy atom. The number of piperidine rings is 1. The topological polar surface area (TPSA) is 33.4 Å². The number of rotatable bonds is 2. The Bertz CT molecular complexity index is 543. The zero-order chi connectivity index (χ0) is 12.5. The highest BCUT2D eigenvalue weighted by atomic mass is 35.5. The number of aromatic nitrogens is 3. The Morgan fingerprint density at radius 2 is 2.17 bits per heavy atom. The van der Waals surface area contributed by atoms with E-state index in [4.69, 9.17) is 11.6 Å². The average Bonchev–Trinajstić information content (AvgIpc) is 2.73. The molecule has 2 aromatic rings. The summed E-state index contributed by atoms with van der Waals surface area (Å²) in [5.74, 6) is 1.65. The zero-order valence-corrected chi connectivity index (χ0v) is 11.3.